The third-order valence-electron chi connectivity index (χ3n) is 4.65. The number of aryl methyl sites for hydroxylation is 2. The molecule has 0 radical (unpaired) electrons. The van der Waals surface area contributed by atoms with Gasteiger partial charge in [0.25, 0.3) is 5.69 Å². The van der Waals surface area contributed by atoms with E-state index >= 15 is 0 Å². The average Bonchev–Trinajstić information content (AvgIpc) is 2.63. The van der Waals surface area contributed by atoms with Gasteiger partial charge in [0.05, 0.1) is 11.0 Å². The molecule has 3 N–H and O–H groups in total. The van der Waals surface area contributed by atoms with Gasteiger partial charge in [0.1, 0.15) is 5.92 Å². The van der Waals surface area contributed by atoms with Crippen molar-refractivity contribution in [3.63, 3.8) is 0 Å². The van der Waals surface area contributed by atoms with Gasteiger partial charge in [0, 0.05) is 23.5 Å². The summed E-state index contributed by atoms with van der Waals surface area (Å²) in [5, 5.41) is 19.0. The molecule has 2 aromatic carbocycles. The summed E-state index contributed by atoms with van der Waals surface area (Å²) in [6, 6.07) is 10.4. The topological polar surface area (TPSA) is 113 Å². The van der Waals surface area contributed by atoms with Crippen LogP contribution in [-0.4, -0.2) is 16.9 Å². The number of non-ortho nitro benzene ring substituents is 1. The van der Waals surface area contributed by atoms with Gasteiger partial charge < -0.3 is 16.0 Å². The first-order valence-corrected chi connectivity index (χ1v) is 8.65. The van der Waals surface area contributed by atoms with Crippen molar-refractivity contribution in [3.05, 3.63) is 81.5 Å². The molecule has 0 saturated carbocycles. The molecule has 1 saturated heterocycles. The summed E-state index contributed by atoms with van der Waals surface area (Å²) in [7, 11) is 0. The van der Waals surface area contributed by atoms with Crippen LogP contribution in [0.2, 0.25) is 0 Å². The molecule has 3 amide bonds. The van der Waals surface area contributed by atoms with Gasteiger partial charge in [-0.15, -0.1) is 0 Å². The molecule has 8 nitrogen and oxygen atoms in total. The quantitative estimate of drug-likeness (QED) is 0.557. The molecular formula is C20H20N4O4. The van der Waals surface area contributed by atoms with Gasteiger partial charge in [-0.3, -0.25) is 14.9 Å². The van der Waals surface area contributed by atoms with E-state index in [1.165, 1.54) is 18.2 Å². The maximum absolute atomic E-state index is 13.0. The van der Waals surface area contributed by atoms with Crippen molar-refractivity contribution in [2.45, 2.75) is 19.9 Å². The van der Waals surface area contributed by atoms with E-state index in [1.807, 2.05) is 32.0 Å². The largest absolute Gasteiger partial charge is 0.330 e. The summed E-state index contributed by atoms with van der Waals surface area (Å²) in [5.41, 5.74) is 3.17. The molecule has 1 fully saturated rings. The highest BCUT2D eigenvalue weighted by Gasteiger charge is 2.38. The fourth-order valence-electron chi connectivity index (χ4n) is 3.26. The number of carbonyl (C=O) groups excluding carboxylic acids is 2. The molecule has 0 unspecified atom stereocenters. The first kappa shape index (κ1) is 19.1. The minimum absolute atomic E-state index is 0.127. The Morgan fingerprint density at radius 2 is 1.96 bits per heavy atom. The molecule has 1 aliphatic heterocycles. The van der Waals surface area contributed by atoms with Crippen molar-refractivity contribution in [2.24, 2.45) is 5.92 Å². The van der Waals surface area contributed by atoms with Crippen LogP contribution in [0.25, 0.3) is 0 Å². The highest BCUT2D eigenvalue weighted by atomic mass is 16.6. The zero-order chi connectivity index (χ0) is 20.4. The fraction of sp³-hybridized carbons (Fsp3) is 0.200. The number of nitrogens with one attached hydrogen (secondary N) is 3. The number of benzene rings is 2. The summed E-state index contributed by atoms with van der Waals surface area (Å²) in [6.07, 6.45) is 0. The summed E-state index contributed by atoms with van der Waals surface area (Å²) in [6.45, 7) is 7.67. The monoisotopic (exact) mass is 380 g/mol. The van der Waals surface area contributed by atoms with Crippen molar-refractivity contribution < 1.29 is 14.5 Å². The second-order valence-electron chi connectivity index (χ2n) is 6.74. The van der Waals surface area contributed by atoms with E-state index in [0.29, 0.717) is 5.69 Å². The van der Waals surface area contributed by atoms with E-state index in [1.54, 1.807) is 6.07 Å². The molecular weight excluding hydrogens is 360 g/mol. The summed E-state index contributed by atoms with van der Waals surface area (Å²) in [4.78, 5) is 35.4. The number of rotatable bonds is 4. The van der Waals surface area contributed by atoms with Crippen LogP contribution in [0.3, 0.4) is 0 Å². The molecule has 0 bridgehead atoms. The van der Waals surface area contributed by atoms with Gasteiger partial charge in [0.15, 0.2) is 0 Å². The lowest BCUT2D eigenvalue weighted by atomic mass is 9.85. The van der Waals surface area contributed by atoms with E-state index in [-0.39, 0.29) is 11.4 Å². The minimum Gasteiger partial charge on any atom is -0.330 e. The maximum Gasteiger partial charge on any atom is 0.319 e. The predicted octanol–water partition coefficient (Wildman–Crippen LogP) is 3.33. The maximum atomic E-state index is 13.0. The molecule has 0 spiro atoms. The highest BCUT2D eigenvalue weighted by Crippen LogP contribution is 2.33. The van der Waals surface area contributed by atoms with E-state index in [9.17, 15) is 19.7 Å². The zero-order valence-corrected chi connectivity index (χ0v) is 15.5. The van der Waals surface area contributed by atoms with Crippen molar-refractivity contribution >= 4 is 23.3 Å². The van der Waals surface area contributed by atoms with E-state index < -0.39 is 28.8 Å². The zero-order valence-electron chi connectivity index (χ0n) is 15.5. The number of nitrogens with zero attached hydrogens (tertiary/aromatic N) is 1. The standard InChI is InChI=1S/C20H20N4O4/c1-11-7-8-12(2)16(9-11)18-17(13(3)21-20(26)23-18)19(25)22-14-5-4-6-15(10-14)24(27)28/h4-10,17-18H,3H2,1-2H3,(H,22,25)(H2,21,23,26)/t17-,18+/m0/s1. The van der Waals surface area contributed by atoms with Crippen molar-refractivity contribution in [1.29, 1.82) is 0 Å². The van der Waals surface area contributed by atoms with Crippen LogP contribution in [0.1, 0.15) is 22.7 Å². The number of hydrogen-bond donors (Lipinski definition) is 3. The van der Waals surface area contributed by atoms with Gasteiger partial charge >= 0.3 is 6.03 Å². The number of urea groups is 1. The Bertz CT molecular complexity index is 986. The number of anilines is 1. The Morgan fingerprint density at radius 1 is 1.21 bits per heavy atom. The molecule has 0 aliphatic carbocycles. The van der Waals surface area contributed by atoms with E-state index in [2.05, 4.69) is 22.5 Å². The number of nitro benzene ring substituents is 1. The van der Waals surface area contributed by atoms with Crippen molar-refractivity contribution in [2.75, 3.05) is 5.32 Å². The Labute approximate surface area is 161 Å². The average molecular weight is 380 g/mol. The lowest BCUT2D eigenvalue weighted by Gasteiger charge is -2.34. The molecule has 0 aromatic heterocycles. The molecule has 2 aromatic rings. The molecule has 3 rings (SSSR count). The Morgan fingerprint density at radius 3 is 2.68 bits per heavy atom. The normalized spacial score (nSPS) is 18.8. The van der Waals surface area contributed by atoms with E-state index in [4.69, 9.17) is 0 Å². The molecule has 2 atom stereocenters. The number of carbonyl (C=O) groups is 2. The number of hydrogen-bond acceptors (Lipinski definition) is 4. The molecule has 144 valence electrons. The van der Waals surface area contributed by atoms with Crippen LogP contribution in [0, 0.1) is 29.9 Å². The Kier molecular flexibility index (Phi) is 5.12. The Balaban J connectivity index is 1.94. The number of amides is 3. The van der Waals surface area contributed by atoms with Gasteiger partial charge in [-0.05, 0) is 31.0 Å². The SMILES string of the molecule is C=C1NC(=O)N[C@H](c2cc(C)ccc2C)[C@H]1C(=O)Nc1cccc([N+](=O)[O-])c1. The van der Waals surface area contributed by atoms with Crippen LogP contribution in [-0.2, 0) is 4.79 Å². The molecule has 8 heteroatoms. The summed E-state index contributed by atoms with van der Waals surface area (Å²) < 4.78 is 0. The van der Waals surface area contributed by atoms with Crippen LogP contribution < -0.4 is 16.0 Å². The van der Waals surface area contributed by atoms with Crippen molar-refractivity contribution in [3.8, 4) is 0 Å². The number of nitro groups is 1. The third-order valence-corrected chi connectivity index (χ3v) is 4.65. The predicted molar refractivity (Wildman–Crippen MR) is 105 cm³/mol. The second kappa shape index (κ2) is 7.51. The van der Waals surface area contributed by atoms with Gasteiger partial charge in [-0.25, -0.2) is 4.79 Å². The smallest absolute Gasteiger partial charge is 0.319 e. The van der Waals surface area contributed by atoms with Gasteiger partial charge in [-0.1, -0.05) is 36.4 Å². The molecule has 28 heavy (non-hydrogen) atoms. The van der Waals surface area contributed by atoms with Crippen LogP contribution in [0.5, 0.6) is 0 Å². The van der Waals surface area contributed by atoms with Crippen LogP contribution >= 0.6 is 0 Å². The first-order chi connectivity index (χ1) is 13.3. The second-order valence-corrected chi connectivity index (χ2v) is 6.74. The lowest BCUT2D eigenvalue weighted by molar-refractivity contribution is -0.384. The minimum atomic E-state index is -0.794. The van der Waals surface area contributed by atoms with Gasteiger partial charge in [-0.2, -0.15) is 0 Å². The Hall–Kier alpha value is -3.68. The molecule has 1 aliphatic rings. The highest BCUT2D eigenvalue weighted by molar-refractivity contribution is 5.97. The van der Waals surface area contributed by atoms with Gasteiger partial charge in [0.2, 0.25) is 5.91 Å². The third kappa shape index (κ3) is 3.85. The van der Waals surface area contributed by atoms with E-state index in [0.717, 1.165) is 16.7 Å². The van der Waals surface area contributed by atoms with Crippen molar-refractivity contribution in [1.82, 2.24) is 10.6 Å². The van der Waals surface area contributed by atoms with Crippen LogP contribution in [0.4, 0.5) is 16.2 Å². The first-order valence-electron chi connectivity index (χ1n) is 8.65. The fourth-order valence-corrected chi connectivity index (χ4v) is 3.26. The van der Waals surface area contributed by atoms with Crippen LogP contribution in [0.15, 0.2) is 54.7 Å². The lowest BCUT2D eigenvalue weighted by Crippen LogP contribution is -2.52. The summed E-state index contributed by atoms with van der Waals surface area (Å²) >= 11 is 0. The summed E-state index contributed by atoms with van der Waals surface area (Å²) in [5.74, 6) is -1.22. The molecule has 1 heterocycles.